The minimum Gasteiger partial charge on any atom is -0.361 e. The highest BCUT2D eigenvalue weighted by atomic mass is 16.6. The average molecular weight is 337 g/mol. The van der Waals surface area contributed by atoms with Gasteiger partial charge in [-0.2, -0.15) is 0 Å². The summed E-state index contributed by atoms with van der Waals surface area (Å²) in [5.74, 6) is 0.792. The molecular weight excluding hydrogens is 318 g/mol. The van der Waals surface area contributed by atoms with Gasteiger partial charge >= 0.3 is 5.69 Å². The molecule has 3 N–H and O–H groups in total. The Hall–Kier alpha value is -2.93. The van der Waals surface area contributed by atoms with Crippen molar-refractivity contribution in [1.29, 1.82) is 0 Å². The van der Waals surface area contributed by atoms with Crippen molar-refractivity contribution in [2.24, 2.45) is 0 Å². The number of anilines is 2. The average Bonchev–Trinajstić information content (AvgIpc) is 3.06. The number of piperidine rings is 1. The van der Waals surface area contributed by atoms with Crippen LogP contribution in [0.5, 0.6) is 0 Å². The highest BCUT2D eigenvalue weighted by Crippen LogP contribution is 2.34. The van der Waals surface area contributed by atoms with E-state index < -0.39 is 4.92 Å². The molecule has 2 aromatic heterocycles. The largest absolute Gasteiger partial charge is 0.361 e. The van der Waals surface area contributed by atoms with Crippen LogP contribution in [0.25, 0.3) is 10.9 Å². The lowest BCUT2D eigenvalue weighted by molar-refractivity contribution is -0.384. The van der Waals surface area contributed by atoms with Crippen LogP contribution in [0, 0.1) is 10.1 Å². The van der Waals surface area contributed by atoms with E-state index in [1.54, 1.807) is 12.3 Å². The monoisotopic (exact) mass is 337 g/mol. The smallest absolute Gasteiger partial charge is 0.311 e. The Kier molecular flexibility index (Phi) is 4.07. The number of nitrogens with one attached hydrogen (secondary N) is 3. The molecule has 3 aromatic rings. The molecule has 1 aliphatic heterocycles. The van der Waals surface area contributed by atoms with Gasteiger partial charge in [0, 0.05) is 35.1 Å². The van der Waals surface area contributed by atoms with Gasteiger partial charge in [-0.15, -0.1) is 0 Å². The lowest BCUT2D eigenvalue weighted by Crippen LogP contribution is -2.26. The number of H-pyrrole nitrogens is 1. The first kappa shape index (κ1) is 15.6. The van der Waals surface area contributed by atoms with Crippen molar-refractivity contribution in [3.8, 4) is 0 Å². The van der Waals surface area contributed by atoms with Crippen molar-refractivity contribution in [2.45, 2.75) is 18.8 Å². The molecule has 0 bridgehead atoms. The molecule has 4 rings (SSSR count). The Morgan fingerprint density at radius 2 is 2.08 bits per heavy atom. The molecule has 0 radical (unpaired) electrons. The van der Waals surface area contributed by atoms with E-state index in [0.29, 0.717) is 5.92 Å². The Morgan fingerprint density at radius 3 is 2.88 bits per heavy atom. The van der Waals surface area contributed by atoms with E-state index in [-0.39, 0.29) is 11.5 Å². The van der Waals surface area contributed by atoms with Gasteiger partial charge in [0.2, 0.25) is 5.82 Å². The maximum atomic E-state index is 11.2. The summed E-state index contributed by atoms with van der Waals surface area (Å²) in [5, 5.41) is 18.8. The van der Waals surface area contributed by atoms with E-state index >= 15 is 0 Å². The zero-order chi connectivity index (χ0) is 17.2. The fraction of sp³-hybridized carbons (Fsp3) is 0.278. The minimum atomic E-state index is -0.426. The molecule has 0 saturated carbocycles. The Balaban J connectivity index is 1.68. The number of hydrogen-bond acceptors (Lipinski definition) is 5. The summed E-state index contributed by atoms with van der Waals surface area (Å²) in [6, 6.07) is 8.96. The molecule has 128 valence electrons. The third kappa shape index (κ3) is 3.06. The first-order valence-electron chi connectivity index (χ1n) is 8.40. The van der Waals surface area contributed by atoms with Crippen LogP contribution in [0.1, 0.15) is 24.3 Å². The fourth-order valence-electron chi connectivity index (χ4n) is 3.47. The Morgan fingerprint density at radius 1 is 1.24 bits per heavy atom. The molecule has 0 spiro atoms. The zero-order valence-corrected chi connectivity index (χ0v) is 13.7. The van der Waals surface area contributed by atoms with E-state index in [0.717, 1.165) is 42.5 Å². The van der Waals surface area contributed by atoms with Crippen LogP contribution in [0.2, 0.25) is 0 Å². The van der Waals surface area contributed by atoms with E-state index in [1.807, 2.05) is 18.2 Å². The minimum absolute atomic E-state index is 0.0322. The SMILES string of the molecule is O=[N+]([O-])c1cccnc1Nc1ccc2[nH]cc(C3CCNCC3)c2c1. The molecule has 1 aliphatic rings. The third-order valence-corrected chi connectivity index (χ3v) is 4.74. The molecule has 1 saturated heterocycles. The lowest BCUT2D eigenvalue weighted by Gasteiger charge is -2.22. The molecule has 1 fully saturated rings. The zero-order valence-electron chi connectivity index (χ0n) is 13.7. The van der Waals surface area contributed by atoms with Gasteiger partial charge in [0.15, 0.2) is 0 Å². The van der Waals surface area contributed by atoms with Crippen LogP contribution in [-0.4, -0.2) is 28.0 Å². The number of rotatable bonds is 4. The van der Waals surface area contributed by atoms with Gasteiger partial charge in [0.1, 0.15) is 0 Å². The number of nitro groups is 1. The van der Waals surface area contributed by atoms with Crippen molar-refractivity contribution in [3.05, 3.63) is 58.4 Å². The van der Waals surface area contributed by atoms with Crippen molar-refractivity contribution in [3.63, 3.8) is 0 Å². The molecule has 7 heteroatoms. The molecule has 25 heavy (non-hydrogen) atoms. The predicted octanol–water partition coefficient (Wildman–Crippen LogP) is 3.68. The molecule has 3 heterocycles. The molecule has 0 atom stereocenters. The van der Waals surface area contributed by atoms with Gasteiger partial charge in [-0.05, 0) is 61.7 Å². The van der Waals surface area contributed by atoms with Gasteiger partial charge < -0.3 is 15.6 Å². The number of fused-ring (bicyclic) bond motifs is 1. The topological polar surface area (TPSA) is 95.9 Å². The van der Waals surface area contributed by atoms with Gasteiger partial charge in [-0.25, -0.2) is 4.98 Å². The first-order valence-corrected chi connectivity index (χ1v) is 8.40. The second kappa shape index (κ2) is 6.52. The number of aromatic amines is 1. The van der Waals surface area contributed by atoms with Crippen LogP contribution in [-0.2, 0) is 0 Å². The summed E-state index contributed by atoms with van der Waals surface area (Å²) >= 11 is 0. The van der Waals surface area contributed by atoms with E-state index in [1.165, 1.54) is 11.6 Å². The fourth-order valence-corrected chi connectivity index (χ4v) is 3.47. The quantitative estimate of drug-likeness (QED) is 0.498. The van der Waals surface area contributed by atoms with Crippen LogP contribution >= 0.6 is 0 Å². The summed E-state index contributed by atoms with van der Waals surface area (Å²) in [4.78, 5) is 18.2. The molecule has 1 aromatic carbocycles. The second-order valence-electron chi connectivity index (χ2n) is 6.28. The van der Waals surface area contributed by atoms with Gasteiger partial charge in [0.05, 0.1) is 4.92 Å². The van der Waals surface area contributed by atoms with Gasteiger partial charge in [0.25, 0.3) is 0 Å². The number of nitrogens with zero attached hydrogens (tertiary/aromatic N) is 2. The molecule has 0 unspecified atom stereocenters. The number of pyridine rings is 1. The van der Waals surface area contributed by atoms with Crippen molar-refractivity contribution >= 4 is 28.1 Å². The van der Waals surface area contributed by atoms with Crippen molar-refractivity contribution in [2.75, 3.05) is 18.4 Å². The number of hydrogen-bond donors (Lipinski definition) is 3. The second-order valence-corrected chi connectivity index (χ2v) is 6.28. The summed E-state index contributed by atoms with van der Waals surface area (Å²) in [5.41, 5.74) is 3.16. The highest BCUT2D eigenvalue weighted by molar-refractivity contribution is 5.88. The van der Waals surface area contributed by atoms with Crippen LogP contribution < -0.4 is 10.6 Å². The maximum absolute atomic E-state index is 11.2. The number of aromatic nitrogens is 2. The van der Waals surface area contributed by atoms with Gasteiger partial charge in [-0.1, -0.05) is 0 Å². The van der Waals surface area contributed by atoms with Crippen LogP contribution in [0.3, 0.4) is 0 Å². The number of benzene rings is 1. The molecule has 0 aliphatic carbocycles. The highest BCUT2D eigenvalue weighted by Gasteiger charge is 2.19. The summed E-state index contributed by atoms with van der Waals surface area (Å²) in [6.07, 6.45) is 5.88. The lowest BCUT2D eigenvalue weighted by atomic mass is 9.90. The normalized spacial score (nSPS) is 15.4. The standard InChI is InChI=1S/C18H19N5O2/c24-23(25)17-2-1-7-20-18(17)22-13-3-4-16-14(10-13)15(11-21-16)12-5-8-19-9-6-12/h1-4,7,10-12,19,21H,5-6,8-9H2,(H,20,22). The van der Waals surface area contributed by atoms with Crippen LogP contribution in [0.4, 0.5) is 17.2 Å². The van der Waals surface area contributed by atoms with Crippen molar-refractivity contribution in [1.82, 2.24) is 15.3 Å². The van der Waals surface area contributed by atoms with E-state index in [4.69, 9.17) is 0 Å². The van der Waals surface area contributed by atoms with Crippen molar-refractivity contribution < 1.29 is 4.92 Å². The summed E-state index contributed by atoms with van der Waals surface area (Å²) in [7, 11) is 0. The Labute approximate surface area is 144 Å². The third-order valence-electron chi connectivity index (χ3n) is 4.74. The van der Waals surface area contributed by atoms with E-state index in [2.05, 4.69) is 26.8 Å². The molecule has 0 amide bonds. The van der Waals surface area contributed by atoms with Gasteiger partial charge in [-0.3, -0.25) is 10.1 Å². The van der Waals surface area contributed by atoms with E-state index in [9.17, 15) is 10.1 Å². The summed E-state index contributed by atoms with van der Waals surface area (Å²) < 4.78 is 0. The Bertz CT molecular complexity index is 915. The predicted molar refractivity (Wildman–Crippen MR) is 97.3 cm³/mol. The first-order chi connectivity index (χ1) is 12.2. The summed E-state index contributed by atoms with van der Waals surface area (Å²) in [6.45, 7) is 2.07. The molecule has 7 nitrogen and oxygen atoms in total. The maximum Gasteiger partial charge on any atom is 0.311 e. The van der Waals surface area contributed by atoms with Crippen LogP contribution in [0.15, 0.2) is 42.7 Å². The molecular formula is C18H19N5O2.